The van der Waals surface area contributed by atoms with Crippen LogP contribution in [-0.2, 0) is 0 Å². The summed E-state index contributed by atoms with van der Waals surface area (Å²) in [4.78, 5) is 0. The van der Waals surface area contributed by atoms with Gasteiger partial charge in [-0.3, -0.25) is 0 Å². The largest absolute Gasteiger partial charge is 0.392 e. The maximum atomic E-state index is 9.81. The van der Waals surface area contributed by atoms with E-state index in [1.54, 1.807) is 0 Å². The van der Waals surface area contributed by atoms with Crippen LogP contribution in [0, 0.1) is 11.8 Å². The molecule has 6 N–H and O–H groups in total. The summed E-state index contributed by atoms with van der Waals surface area (Å²) in [6, 6.07) is -0.214. The minimum absolute atomic E-state index is 0.107. The Bertz CT molecular complexity index is 277. The lowest BCUT2D eigenvalue weighted by atomic mass is 9.83. The Kier molecular flexibility index (Phi) is 5.17. The molecule has 112 valence electrons. The lowest BCUT2D eigenvalue weighted by Gasteiger charge is -2.42. The molecular formula is C14H28N2O2S. The molecule has 4 nitrogen and oxygen atoms in total. The van der Waals surface area contributed by atoms with Crippen molar-refractivity contribution in [1.82, 2.24) is 0 Å². The molecule has 5 heteroatoms. The highest BCUT2D eigenvalue weighted by Crippen LogP contribution is 2.41. The molecule has 0 bridgehead atoms. The average Bonchev–Trinajstić information content (AvgIpc) is 2.39. The zero-order chi connectivity index (χ0) is 14.2. The Balaban J connectivity index is 1.94. The van der Waals surface area contributed by atoms with Gasteiger partial charge in [0.05, 0.1) is 12.2 Å². The third-order valence-electron chi connectivity index (χ3n) is 5.12. The van der Waals surface area contributed by atoms with E-state index in [-0.39, 0.29) is 24.3 Å². The van der Waals surface area contributed by atoms with Crippen molar-refractivity contribution in [3.63, 3.8) is 0 Å². The minimum atomic E-state index is -0.347. The summed E-state index contributed by atoms with van der Waals surface area (Å²) >= 11 is 1.99. The van der Waals surface area contributed by atoms with Crippen LogP contribution in [-0.4, -0.2) is 45.0 Å². The van der Waals surface area contributed by atoms with E-state index in [1.807, 2.05) is 11.8 Å². The molecule has 2 aliphatic rings. The molecule has 0 aromatic rings. The van der Waals surface area contributed by atoms with Gasteiger partial charge in [0, 0.05) is 22.6 Å². The second-order valence-electron chi connectivity index (χ2n) is 6.38. The number of aliphatic hydroxyl groups excluding tert-OH is 2. The molecule has 8 atom stereocenters. The molecule has 0 aromatic carbocycles. The fourth-order valence-corrected chi connectivity index (χ4v) is 5.24. The molecular weight excluding hydrogens is 260 g/mol. The first-order valence-corrected chi connectivity index (χ1v) is 8.38. The van der Waals surface area contributed by atoms with Gasteiger partial charge in [-0.1, -0.05) is 13.8 Å². The Morgan fingerprint density at radius 1 is 0.789 bits per heavy atom. The zero-order valence-corrected chi connectivity index (χ0v) is 12.7. The fraction of sp³-hybridized carbons (Fsp3) is 1.00. The molecule has 2 rings (SSSR count). The van der Waals surface area contributed by atoms with Gasteiger partial charge in [0.15, 0.2) is 0 Å². The predicted molar refractivity (Wildman–Crippen MR) is 79.9 cm³/mol. The van der Waals surface area contributed by atoms with Crippen LogP contribution in [0.25, 0.3) is 0 Å². The molecule has 0 amide bonds. The summed E-state index contributed by atoms with van der Waals surface area (Å²) in [6.07, 6.45) is 2.97. The van der Waals surface area contributed by atoms with E-state index in [0.717, 1.165) is 25.7 Å². The molecule has 2 saturated carbocycles. The van der Waals surface area contributed by atoms with Crippen molar-refractivity contribution in [1.29, 1.82) is 0 Å². The quantitative estimate of drug-likeness (QED) is 0.600. The average molecular weight is 288 g/mol. The number of thioether (sulfide) groups is 1. The van der Waals surface area contributed by atoms with E-state index >= 15 is 0 Å². The van der Waals surface area contributed by atoms with Crippen LogP contribution < -0.4 is 11.5 Å². The Morgan fingerprint density at radius 3 is 1.53 bits per heavy atom. The fourth-order valence-electron chi connectivity index (χ4n) is 3.39. The third kappa shape index (κ3) is 3.27. The first kappa shape index (κ1) is 15.6. The molecule has 2 aliphatic carbocycles. The number of aliphatic hydroxyl groups is 2. The molecule has 0 saturated heterocycles. The highest BCUT2D eigenvalue weighted by atomic mass is 32.2. The number of hydrogen-bond donors (Lipinski definition) is 4. The van der Waals surface area contributed by atoms with Gasteiger partial charge in [-0.05, 0) is 37.5 Å². The van der Waals surface area contributed by atoms with Gasteiger partial charge in [-0.15, -0.1) is 0 Å². The summed E-state index contributed by atoms with van der Waals surface area (Å²) in [7, 11) is 0. The van der Waals surface area contributed by atoms with Crippen LogP contribution in [0.2, 0.25) is 0 Å². The summed E-state index contributed by atoms with van der Waals surface area (Å²) < 4.78 is 0. The molecule has 0 aromatic heterocycles. The van der Waals surface area contributed by atoms with Crippen LogP contribution >= 0.6 is 11.8 Å². The Morgan fingerprint density at radius 2 is 1.16 bits per heavy atom. The maximum absolute atomic E-state index is 9.81. The SMILES string of the molecule is CC1C(SC2CCC(O)C(N)C2C)CCC(O)C1N. The van der Waals surface area contributed by atoms with Crippen molar-refractivity contribution in [2.45, 2.75) is 74.3 Å². The highest BCUT2D eigenvalue weighted by Gasteiger charge is 2.39. The van der Waals surface area contributed by atoms with E-state index in [2.05, 4.69) is 13.8 Å². The van der Waals surface area contributed by atoms with Crippen molar-refractivity contribution in [3.8, 4) is 0 Å². The smallest absolute Gasteiger partial charge is 0.0694 e. The summed E-state index contributed by atoms with van der Waals surface area (Å²) in [5.74, 6) is 0.674. The van der Waals surface area contributed by atoms with Gasteiger partial charge in [-0.25, -0.2) is 0 Å². The summed E-state index contributed by atoms with van der Waals surface area (Å²) in [5, 5.41) is 20.6. The van der Waals surface area contributed by atoms with Crippen LogP contribution in [0.15, 0.2) is 0 Å². The molecule has 2 fully saturated rings. The van der Waals surface area contributed by atoms with E-state index in [1.165, 1.54) is 0 Å². The normalized spacial score (nSPS) is 52.1. The molecule has 8 unspecified atom stereocenters. The van der Waals surface area contributed by atoms with E-state index in [9.17, 15) is 10.2 Å². The van der Waals surface area contributed by atoms with E-state index in [4.69, 9.17) is 11.5 Å². The van der Waals surface area contributed by atoms with Crippen molar-refractivity contribution in [3.05, 3.63) is 0 Å². The minimum Gasteiger partial charge on any atom is -0.392 e. The van der Waals surface area contributed by atoms with Gasteiger partial charge in [0.25, 0.3) is 0 Å². The lowest BCUT2D eigenvalue weighted by Crippen LogP contribution is -2.51. The van der Waals surface area contributed by atoms with Crippen molar-refractivity contribution in [2.24, 2.45) is 23.3 Å². The Hall–Kier alpha value is 0.190. The number of hydrogen-bond acceptors (Lipinski definition) is 5. The number of nitrogens with two attached hydrogens (primary N) is 2. The first-order chi connectivity index (χ1) is 8.91. The van der Waals surface area contributed by atoms with Gasteiger partial charge < -0.3 is 21.7 Å². The second-order valence-corrected chi connectivity index (χ2v) is 7.86. The van der Waals surface area contributed by atoms with Gasteiger partial charge in [0.1, 0.15) is 0 Å². The lowest BCUT2D eigenvalue weighted by molar-refractivity contribution is 0.0804. The molecule has 0 spiro atoms. The van der Waals surface area contributed by atoms with Crippen molar-refractivity contribution >= 4 is 11.8 Å². The van der Waals surface area contributed by atoms with Gasteiger partial charge in [-0.2, -0.15) is 11.8 Å². The van der Waals surface area contributed by atoms with Crippen molar-refractivity contribution < 1.29 is 10.2 Å². The molecule has 0 aliphatic heterocycles. The van der Waals surface area contributed by atoms with E-state index < -0.39 is 0 Å². The number of rotatable bonds is 2. The second kappa shape index (κ2) is 6.31. The first-order valence-electron chi connectivity index (χ1n) is 7.44. The van der Waals surface area contributed by atoms with E-state index in [0.29, 0.717) is 22.3 Å². The maximum Gasteiger partial charge on any atom is 0.0694 e. The van der Waals surface area contributed by atoms with Crippen LogP contribution in [0.1, 0.15) is 39.5 Å². The molecule has 19 heavy (non-hydrogen) atoms. The van der Waals surface area contributed by atoms with Crippen LogP contribution in [0.5, 0.6) is 0 Å². The summed E-state index contributed by atoms with van der Waals surface area (Å²) in [5.41, 5.74) is 12.1. The standard InChI is InChI=1S/C14H28N2O2S/c1-7-11(5-3-9(17)13(7)15)19-12-6-4-10(18)14(16)8(12)2/h7-14,17-18H,3-6,15-16H2,1-2H3. The monoisotopic (exact) mass is 288 g/mol. The van der Waals surface area contributed by atoms with Crippen LogP contribution in [0.4, 0.5) is 0 Å². The topological polar surface area (TPSA) is 92.5 Å². The zero-order valence-electron chi connectivity index (χ0n) is 11.9. The Labute approximate surface area is 120 Å². The predicted octanol–water partition coefficient (Wildman–Crippen LogP) is 0.693. The van der Waals surface area contributed by atoms with Gasteiger partial charge >= 0.3 is 0 Å². The molecule has 0 heterocycles. The third-order valence-corrected chi connectivity index (χ3v) is 7.15. The highest BCUT2D eigenvalue weighted by molar-refractivity contribution is 8.00. The van der Waals surface area contributed by atoms with Crippen molar-refractivity contribution in [2.75, 3.05) is 0 Å². The van der Waals surface area contributed by atoms with Crippen LogP contribution in [0.3, 0.4) is 0 Å². The summed E-state index contributed by atoms with van der Waals surface area (Å²) in [6.45, 7) is 4.29. The van der Waals surface area contributed by atoms with Gasteiger partial charge in [0.2, 0.25) is 0 Å². The molecule has 0 radical (unpaired) electrons.